The molecular weight excluding hydrogens is 244 g/mol. The summed E-state index contributed by atoms with van der Waals surface area (Å²) in [5.41, 5.74) is 0. The van der Waals surface area contributed by atoms with Crippen molar-refractivity contribution >= 4 is 5.91 Å². The maximum absolute atomic E-state index is 12.2. The number of likely N-dealkylation sites (tertiary alicyclic amines) is 1. The Labute approximate surface area is 115 Å². The lowest BCUT2D eigenvalue weighted by molar-refractivity contribution is -0.126. The van der Waals surface area contributed by atoms with Crippen molar-refractivity contribution in [3.05, 3.63) is 0 Å². The zero-order chi connectivity index (χ0) is 14.0. The molecule has 1 heterocycles. The SMILES string of the molecule is CC1CCC(NC(=O)C(C)N2CC(O)C(O)C2)CC1. The van der Waals surface area contributed by atoms with Crippen LogP contribution < -0.4 is 5.32 Å². The van der Waals surface area contributed by atoms with Gasteiger partial charge in [0.25, 0.3) is 0 Å². The molecule has 3 N–H and O–H groups in total. The van der Waals surface area contributed by atoms with Gasteiger partial charge in [0, 0.05) is 19.1 Å². The van der Waals surface area contributed by atoms with Crippen molar-refractivity contribution in [1.82, 2.24) is 10.2 Å². The normalized spacial score (nSPS) is 38.1. The molecule has 2 aliphatic rings. The molecule has 2 fully saturated rings. The second-order valence-corrected chi connectivity index (χ2v) is 6.23. The van der Waals surface area contributed by atoms with Crippen LogP contribution in [0.1, 0.15) is 39.5 Å². The number of aliphatic hydroxyl groups excluding tert-OH is 2. The minimum atomic E-state index is -0.731. The van der Waals surface area contributed by atoms with Gasteiger partial charge < -0.3 is 15.5 Å². The number of carbonyl (C=O) groups excluding carboxylic acids is 1. The van der Waals surface area contributed by atoms with Crippen LogP contribution in [0.2, 0.25) is 0 Å². The van der Waals surface area contributed by atoms with Crippen molar-refractivity contribution in [1.29, 1.82) is 0 Å². The van der Waals surface area contributed by atoms with E-state index in [9.17, 15) is 15.0 Å². The highest BCUT2D eigenvalue weighted by atomic mass is 16.3. The van der Waals surface area contributed by atoms with E-state index in [1.54, 1.807) is 0 Å². The molecule has 2 rings (SSSR count). The molecule has 1 aliphatic carbocycles. The van der Waals surface area contributed by atoms with Crippen LogP contribution in [-0.2, 0) is 4.79 Å². The number of nitrogens with one attached hydrogen (secondary N) is 1. The standard InChI is InChI=1S/C14H26N2O3/c1-9-3-5-11(6-4-9)15-14(19)10(2)16-7-12(17)13(18)8-16/h9-13,17-18H,3-8H2,1-2H3,(H,15,19). The molecule has 3 unspecified atom stereocenters. The second-order valence-electron chi connectivity index (χ2n) is 6.23. The van der Waals surface area contributed by atoms with Crippen LogP contribution in [0, 0.1) is 5.92 Å². The Balaban J connectivity index is 1.79. The van der Waals surface area contributed by atoms with Crippen molar-refractivity contribution in [3.8, 4) is 0 Å². The van der Waals surface area contributed by atoms with E-state index >= 15 is 0 Å². The number of amides is 1. The lowest BCUT2D eigenvalue weighted by atomic mass is 9.87. The average molecular weight is 270 g/mol. The first-order valence-corrected chi connectivity index (χ1v) is 7.38. The molecule has 0 spiro atoms. The van der Waals surface area contributed by atoms with Crippen LogP contribution in [0.3, 0.4) is 0 Å². The monoisotopic (exact) mass is 270 g/mol. The minimum Gasteiger partial charge on any atom is -0.389 e. The van der Waals surface area contributed by atoms with Gasteiger partial charge in [-0.15, -0.1) is 0 Å². The molecule has 1 amide bonds. The first-order valence-electron chi connectivity index (χ1n) is 7.38. The number of hydrogen-bond acceptors (Lipinski definition) is 4. The summed E-state index contributed by atoms with van der Waals surface area (Å²) >= 11 is 0. The fourth-order valence-corrected chi connectivity index (χ4v) is 3.01. The van der Waals surface area contributed by atoms with Crippen molar-refractivity contribution in [2.75, 3.05) is 13.1 Å². The maximum atomic E-state index is 12.2. The van der Waals surface area contributed by atoms with Crippen molar-refractivity contribution in [2.45, 2.75) is 63.8 Å². The van der Waals surface area contributed by atoms with E-state index in [0.29, 0.717) is 19.1 Å². The number of aliphatic hydroxyl groups is 2. The summed E-state index contributed by atoms with van der Waals surface area (Å²) in [7, 11) is 0. The van der Waals surface area contributed by atoms with Gasteiger partial charge in [0.05, 0.1) is 18.2 Å². The minimum absolute atomic E-state index is 0.0147. The third-order valence-corrected chi connectivity index (χ3v) is 4.58. The third kappa shape index (κ3) is 3.68. The van der Waals surface area contributed by atoms with E-state index in [0.717, 1.165) is 18.8 Å². The van der Waals surface area contributed by atoms with Crippen molar-refractivity contribution < 1.29 is 15.0 Å². The predicted molar refractivity (Wildman–Crippen MR) is 72.6 cm³/mol. The zero-order valence-electron chi connectivity index (χ0n) is 11.9. The second kappa shape index (κ2) is 6.20. The molecule has 1 saturated carbocycles. The number of rotatable bonds is 3. The van der Waals surface area contributed by atoms with E-state index < -0.39 is 12.2 Å². The van der Waals surface area contributed by atoms with Gasteiger partial charge >= 0.3 is 0 Å². The lowest BCUT2D eigenvalue weighted by Crippen LogP contribution is -2.48. The Morgan fingerprint density at radius 2 is 1.68 bits per heavy atom. The third-order valence-electron chi connectivity index (χ3n) is 4.58. The molecule has 19 heavy (non-hydrogen) atoms. The number of β-amino-alcohol motifs (C(OH)–C–C–N with tert-alkyl or cyclic N) is 2. The molecule has 0 aromatic heterocycles. The van der Waals surface area contributed by atoms with Gasteiger partial charge in [-0.05, 0) is 38.5 Å². The van der Waals surface area contributed by atoms with Crippen LogP contribution in [0.15, 0.2) is 0 Å². The van der Waals surface area contributed by atoms with E-state index in [-0.39, 0.29) is 11.9 Å². The summed E-state index contributed by atoms with van der Waals surface area (Å²) in [6, 6.07) is 0.00903. The predicted octanol–water partition coefficient (Wildman–Crippen LogP) is 0.107. The Bertz CT molecular complexity index is 306. The van der Waals surface area contributed by atoms with Crippen LogP contribution in [-0.4, -0.2) is 58.4 Å². The Morgan fingerprint density at radius 3 is 2.21 bits per heavy atom. The lowest BCUT2D eigenvalue weighted by Gasteiger charge is -2.30. The van der Waals surface area contributed by atoms with Gasteiger partial charge in [-0.1, -0.05) is 6.92 Å². The van der Waals surface area contributed by atoms with Gasteiger partial charge in [-0.2, -0.15) is 0 Å². The quantitative estimate of drug-likeness (QED) is 0.680. The summed E-state index contributed by atoms with van der Waals surface area (Å²) in [4.78, 5) is 14.0. The summed E-state index contributed by atoms with van der Waals surface area (Å²) in [6.45, 7) is 4.84. The molecule has 110 valence electrons. The van der Waals surface area contributed by atoms with E-state index in [1.165, 1.54) is 12.8 Å². The highest BCUT2D eigenvalue weighted by Crippen LogP contribution is 2.23. The van der Waals surface area contributed by atoms with E-state index in [1.807, 2.05) is 11.8 Å². The first kappa shape index (κ1) is 14.8. The van der Waals surface area contributed by atoms with Crippen LogP contribution in [0.25, 0.3) is 0 Å². The van der Waals surface area contributed by atoms with Crippen molar-refractivity contribution in [2.24, 2.45) is 5.92 Å². The highest BCUT2D eigenvalue weighted by molar-refractivity contribution is 5.81. The van der Waals surface area contributed by atoms with Gasteiger partial charge in [-0.3, -0.25) is 9.69 Å². The molecule has 1 aliphatic heterocycles. The van der Waals surface area contributed by atoms with Crippen LogP contribution >= 0.6 is 0 Å². The van der Waals surface area contributed by atoms with Gasteiger partial charge in [0.15, 0.2) is 0 Å². The number of nitrogens with zero attached hydrogens (tertiary/aromatic N) is 1. The topological polar surface area (TPSA) is 72.8 Å². The summed E-state index contributed by atoms with van der Waals surface area (Å²) in [5.74, 6) is 0.787. The van der Waals surface area contributed by atoms with E-state index in [2.05, 4.69) is 12.2 Å². The Morgan fingerprint density at radius 1 is 1.16 bits per heavy atom. The molecule has 0 radical (unpaired) electrons. The molecule has 0 aromatic rings. The number of carbonyl (C=O) groups is 1. The van der Waals surface area contributed by atoms with Crippen LogP contribution in [0.5, 0.6) is 0 Å². The fraction of sp³-hybridized carbons (Fsp3) is 0.929. The zero-order valence-corrected chi connectivity index (χ0v) is 11.9. The Hall–Kier alpha value is -0.650. The smallest absolute Gasteiger partial charge is 0.237 e. The molecule has 0 aromatic carbocycles. The number of hydrogen-bond donors (Lipinski definition) is 3. The summed E-state index contributed by atoms with van der Waals surface area (Å²) in [6.07, 6.45) is 3.02. The van der Waals surface area contributed by atoms with Crippen molar-refractivity contribution in [3.63, 3.8) is 0 Å². The van der Waals surface area contributed by atoms with Gasteiger partial charge in [0.1, 0.15) is 0 Å². The molecular formula is C14H26N2O3. The summed E-state index contributed by atoms with van der Waals surface area (Å²) < 4.78 is 0. The highest BCUT2D eigenvalue weighted by Gasteiger charge is 2.35. The first-order chi connectivity index (χ1) is 8.97. The maximum Gasteiger partial charge on any atom is 0.237 e. The molecule has 1 saturated heterocycles. The van der Waals surface area contributed by atoms with E-state index in [4.69, 9.17) is 0 Å². The fourth-order valence-electron chi connectivity index (χ4n) is 3.01. The largest absolute Gasteiger partial charge is 0.389 e. The van der Waals surface area contributed by atoms with Gasteiger partial charge in [0.2, 0.25) is 5.91 Å². The molecule has 5 nitrogen and oxygen atoms in total. The molecule has 5 heteroatoms. The molecule has 0 bridgehead atoms. The summed E-state index contributed by atoms with van der Waals surface area (Å²) in [5, 5.41) is 22.2. The Kier molecular flexibility index (Phi) is 4.81. The van der Waals surface area contributed by atoms with Gasteiger partial charge in [-0.25, -0.2) is 0 Å². The van der Waals surface area contributed by atoms with Crippen LogP contribution in [0.4, 0.5) is 0 Å². The molecule has 3 atom stereocenters. The average Bonchev–Trinajstić information content (AvgIpc) is 2.71.